The largest absolute Gasteiger partial charge is 0.497 e. The number of H-pyrrole nitrogens is 1. The lowest BCUT2D eigenvalue weighted by Gasteiger charge is -2.08. The number of anilines is 2. The van der Waals surface area contributed by atoms with E-state index in [1.165, 1.54) is 6.07 Å². The van der Waals surface area contributed by atoms with Crippen LogP contribution in [0, 0.1) is 0 Å². The average molecular weight is 336 g/mol. The molecule has 0 aliphatic carbocycles. The van der Waals surface area contributed by atoms with E-state index in [2.05, 4.69) is 15.3 Å². The molecule has 7 heteroatoms. The Balaban J connectivity index is 1.88. The summed E-state index contributed by atoms with van der Waals surface area (Å²) in [6, 6.07) is 15.2. The van der Waals surface area contributed by atoms with Crippen molar-refractivity contribution in [3.05, 3.63) is 70.5 Å². The van der Waals surface area contributed by atoms with Gasteiger partial charge in [0.2, 0.25) is 11.9 Å². The van der Waals surface area contributed by atoms with Crippen molar-refractivity contribution in [3.63, 3.8) is 0 Å². The fraction of sp³-hybridized carbons (Fsp3) is 0.0556. The molecule has 2 aromatic carbocycles. The summed E-state index contributed by atoms with van der Waals surface area (Å²) in [5, 5.41) is 3.00. The molecule has 1 amide bonds. The van der Waals surface area contributed by atoms with Crippen molar-refractivity contribution in [2.45, 2.75) is 0 Å². The van der Waals surface area contributed by atoms with Gasteiger partial charge >= 0.3 is 0 Å². The van der Waals surface area contributed by atoms with Crippen LogP contribution in [0.3, 0.4) is 0 Å². The Kier molecular flexibility index (Phi) is 4.47. The van der Waals surface area contributed by atoms with Gasteiger partial charge in [0.05, 0.1) is 12.8 Å². The highest BCUT2D eigenvalue weighted by molar-refractivity contribution is 5.93. The topological polar surface area (TPSA) is 110 Å². The molecule has 4 N–H and O–H groups in total. The molecule has 0 fully saturated rings. The van der Waals surface area contributed by atoms with Crippen molar-refractivity contribution in [3.8, 4) is 17.0 Å². The number of carbonyl (C=O) groups is 1. The Morgan fingerprint density at radius 2 is 1.80 bits per heavy atom. The lowest BCUT2D eigenvalue weighted by atomic mass is 10.1. The number of benzene rings is 2. The Bertz CT molecular complexity index is 947. The van der Waals surface area contributed by atoms with E-state index >= 15 is 0 Å². The first kappa shape index (κ1) is 16.3. The maximum Gasteiger partial charge on any atom is 0.252 e. The minimum Gasteiger partial charge on any atom is -0.497 e. The van der Waals surface area contributed by atoms with E-state index in [0.29, 0.717) is 22.9 Å². The van der Waals surface area contributed by atoms with Gasteiger partial charge in [-0.25, -0.2) is 4.98 Å². The third-order valence-electron chi connectivity index (χ3n) is 3.56. The van der Waals surface area contributed by atoms with E-state index in [9.17, 15) is 9.59 Å². The van der Waals surface area contributed by atoms with Gasteiger partial charge in [0.1, 0.15) is 5.75 Å². The SMILES string of the molecule is COc1ccc(-c2cc(=O)[nH]c(Nc3ccc(C(N)=O)cc3)n2)cc1. The summed E-state index contributed by atoms with van der Waals surface area (Å²) in [7, 11) is 1.59. The fourth-order valence-electron chi connectivity index (χ4n) is 2.28. The molecule has 3 aromatic rings. The molecule has 0 spiro atoms. The van der Waals surface area contributed by atoms with Crippen LogP contribution in [0.25, 0.3) is 11.3 Å². The smallest absolute Gasteiger partial charge is 0.252 e. The Labute approximate surface area is 143 Å². The molecule has 7 nitrogen and oxygen atoms in total. The third kappa shape index (κ3) is 3.84. The number of hydrogen-bond acceptors (Lipinski definition) is 5. The Hall–Kier alpha value is -3.61. The molecule has 0 saturated carbocycles. The minimum atomic E-state index is -0.500. The van der Waals surface area contributed by atoms with E-state index in [1.807, 2.05) is 12.1 Å². The summed E-state index contributed by atoms with van der Waals surface area (Å²) in [5.41, 5.74) is 7.32. The zero-order chi connectivity index (χ0) is 17.8. The predicted octanol–water partition coefficient (Wildman–Crippen LogP) is 2.29. The number of aromatic nitrogens is 2. The van der Waals surface area contributed by atoms with Crippen LogP contribution in [0.15, 0.2) is 59.4 Å². The lowest BCUT2D eigenvalue weighted by molar-refractivity contribution is 0.100. The molecule has 1 heterocycles. The number of amides is 1. The van der Waals surface area contributed by atoms with Gasteiger partial charge in [-0.05, 0) is 48.5 Å². The summed E-state index contributed by atoms with van der Waals surface area (Å²) in [4.78, 5) is 30.1. The molecule has 0 bridgehead atoms. The molecule has 25 heavy (non-hydrogen) atoms. The van der Waals surface area contributed by atoms with Crippen LogP contribution in [-0.2, 0) is 0 Å². The fourth-order valence-corrected chi connectivity index (χ4v) is 2.28. The van der Waals surface area contributed by atoms with E-state index < -0.39 is 5.91 Å². The Morgan fingerprint density at radius 1 is 1.12 bits per heavy atom. The van der Waals surface area contributed by atoms with Gasteiger partial charge in [0.25, 0.3) is 5.56 Å². The number of aromatic amines is 1. The summed E-state index contributed by atoms with van der Waals surface area (Å²) in [6.45, 7) is 0. The number of nitrogens with one attached hydrogen (secondary N) is 2. The van der Waals surface area contributed by atoms with Gasteiger partial charge in [0.15, 0.2) is 0 Å². The van der Waals surface area contributed by atoms with Gasteiger partial charge in [0, 0.05) is 22.9 Å². The van der Waals surface area contributed by atoms with Crippen molar-refractivity contribution in [1.82, 2.24) is 9.97 Å². The molecule has 0 saturated heterocycles. The van der Waals surface area contributed by atoms with E-state index in [0.717, 1.165) is 11.3 Å². The highest BCUT2D eigenvalue weighted by Gasteiger charge is 2.06. The van der Waals surface area contributed by atoms with E-state index in [-0.39, 0.29) is 5.56 Å². The summed E-state index contributed by atoms with van der Waals surface area (Å²) < 4.78 is 5.12. The quantitative estimate of drug-likeness (QED) is 0.662. The lowest BCUT2D eigenvalue weighted by Crippen LogP contribution is -2.11. The maximum absolute atomic E-state index is 11.9. The number of nitrogens with two attached hydrogens (primary N) is 1. The van der Waals surface area contributed by atoms with Crippen LogP contribution in [0.4, 0.5) is 11.6 Å². The average Bonchev–Trinajstić information content (AvgIpc) is 2.62. The van der Waals surface area contributed by atoms with Crippen LogP contribution in [0.5, 0.6) is 5.75 Å². The van der Waals surface area contributed by atoms with Crippen molar-refractivity contribution in [2.75, 3.05) is 12.4 Å². The second-order valence-corrected chi connectivity index (χ2v) is 5.27. The van der Waals surface area contributed by atoms with Gasteiger partial charge in [-0.15, -0.1) is 0 Å². The zero-order valence-corrected chi connectivity index (χ0v) is 13.4. The number of hydrogen-bond donors (Lipinski definition) is 3. The zero-order valence-electron chi connectivity index (χ0n) is 13.4. The molecule has 0 atom stereocenters. The van der Waals surface area contributed by atoms with Crippen molar-refractivity contribution in [2.24, 2.45) is 5.73 Å². The van der Waals surface area contributed by atoms with Crippen molar-refractivity contribution >= 4 is 17.5 Å². The first-order valence-electron chi connectivity index (χ1n) is 7.48. The van der Waals surface area contributed by atoms with E-state index in [1.54, 1.807) is 43.5 Å². The Morgan fingerprint density at radius 3 is 2.40 bits per heavy atom. The highest BCUT2D eigenvalue weighted by Crippen LogP contribution is 2.21. The summed E-state index contributed by atoms with van der Waals surface area (Å²) >= 11 is 0. The molecule has 126 valence electrons. The molecule has 3 rings (SSSR count). The van der Waals surface area contributed by atoms with Gasteiger partial charge in [-0.3, -0.25) is 14.6 Å². The molecular formula is C18H16N4O3. The number of primary amides is 1. The standard InChI is InChI=1S/C18H16N4O3/c1-25-14-8-4-11(5-9-14)15-10-16(23)22-18(21-15)20-13-6-2-12(3-7-13)17(19)24/h2-10H,1H3,(H2,19,24)(H2,20,21,22,23). The second kappa shape index (κ2) is 6.88. The molecule has 1 aromatic heterocycles. The first-order chi connectivity index (χ1) is 12.0. The predicted molar refractivity (Wildman–Crippen MR) is 95.1 cm³/mol. The van der Waals surface area contributed by atoms with Crippen LogP contribution in [0.2, 0.25) is 0 Å². The highest BCUT2D eigenvalue weighted by atomic mass is 16.5. The van der Waals surface area contributed by atoms with Gasteiger partial charge in [-0.1, -0.05) is 0 Å². The van der Waals surface area contributed by atoms with Crippen molar-refractivity contribution < 1.29 is 9.53 Å². The van der Waals surface area contributed by atoms with Gasteiger partial charge in [-0.2, -0.15) is 0 Å². The van der Waals surface area contributed by atoms with E-state index in [4.69, 9.17) is 10.5 Å². The molecule has 0 radical (unpaired) electrons. The van der Waals surface area contributed by atoms with Gasteiger partial charge < -0.3 is 15.8 Å². The molecule has 0 unspecified atom stereocenters. The number of methoxy groups -OCH3 is 1. The molecular weight excluding hydrogens is 320 g/mol. The number of nitrogens with zero attached hydrogens (tertiary/aromatic N) is 1. The first-order valence-corrected chi connectivity index (χ1v) is 7.48. The van der Waals surface area contributed by atoms with Crippen LogP contribution >= 0.6 is 0 Å². The number of carbonyl (C=O) groups excluding carboxylic acids is 1. The van der Waals surface area contributed by atoms with Crippen LogP contribution < -0.4 is 21.3 Å². The maximum atomic E-state index is 11.9. The van der Waals surface area contributed by atoms with Crippen LogP contribution in [0.1, 0.15) is 10.4 Å². The minimum absolute atomic E-state index is 0.280. The third-order valence-corrected chi connectivity index (χ3v) is 3.56. The monoisotopic (exact) mass is 336 g/mol. The normalized spacial score (nSPS) is 10.3. The molecule has 0 aliphatic rings. The summed E-state index contributed by atoms with van der Waals surface area (Å²) in [6.07, 6.45) is 0. The number of ether oxygens (including phenoxy) is 1. The van der Waals surface area contributed by atoms with Crippen molar-refractivity contribution in [1.29, 1.82) is 0 Å². The summed E-state index contributed by atoms with van der Waals surface area (Å²) in [5.74, 6) is 0.520. The van der Waals surface area contributed by atoms with Crippen LogP contribution in [-0.4, -0.2) is 23.0 Å². The number of rotatable bonds is 5. The second-order valence-electron chi connectivity index (χ2n) is 5.27. The molecule has 0 aliphatic heterocycles.